The maximum atomic E-state index is 6.93. The van der Waals surface area contributed by atoms with E-state index in [1.165, 1.54) is 21.7 Å². The summed E-state index contributed by atoms with van der Waals surface area (Å²) in [6.07, 6.45) is 0. The molecular weight excluding hydrogens is 603 g/mol. The quantitative estimate of drug-likeness (QED) is 0.132. The van der Waals surface area contributed by atoms with E-state index in [4.69, 9.17) is 9.26 Å². The van der Waals surface area contributed by atoms with Gasteiger partial charge in [-0.1, -0.05) is 133 Å². The summed E-state index contributed by atoms with van der Waals surface area (Å²) in [7, 11) is 2.68. The van der Waals surface area contributed by atoms with Crippen LogP contribution in [-0.4, -0.2) is 0 Å². The topological polar surface area (TPSA) is 18.5 Å². The molecule has 0 aromatic heterocycles. The van der Waals surface area contributed by atoms with Gasteiger partial charge in [0, 0.05) is 21.7 Å². The van der Waals surface area contributed by atoms with Gasteiger partial charge in [-0.25, -0.2) is 0 Å². The molecule has 0 spiro atoms. The lowest BCUT2D eigenvalue weighted by atomic mass is 9.95. The van der Waals surface area contributed by atoms with E-state index in [0.29, 0.717) is 0 Å². The molecule has 0 saturated heterocycles. The Bertz CT molecular complexity index is 1720. The van der Waals surface area contributed by atoms with Crippen LogP contribution in [0.2, 0.25) is 0 Å². The molecule has 0 amide bonds. The summed E-state index contributed by atoms with van der Waals surface area (Å²) in [4.78, 5) is 0. The van der Waals surface area contributed by atoms with Crippen molar-refractivity contribution in [1.29, 1.82) is 0 Å². The highest BCUT2D eigenvalue weighted by atomic mass is 31.1. The van der Waals surface area contributed by atoms with Gasteiger partial charge in [-0.2, -0.15) is 0 Å². The van der Waals surface area contributed by atoms with Crippen LogP contribution in [0.5, 0.6) is 11.5 Å². The second-order valence-corrected chi connectivity index (χ2v) is 12.9. The molecule has 2 nitrogen and oxygen atoms in total. The number of aryl methyl sites for hydroxylation is 4. The number of benzene rings is 6. The lowest BCUT2D eigenvalue weighted by molar-refractivity contribution is 0.470. The van der Waals surface area contributed by atoms with E-state index in [2.05, 4.69) is 135 Å². The van der Waals surface area contributed by atoms with Gasteiger partial charge >= 0.3 is 0 Å². The van der Waals surface area contributed by atoms with E-state index in [0.717, 1.165) is 44.9 Å². The molecule has 0 aliphatic rings. The summed E-state index contributed by atoms with van der Waals surface area (Å²) in [6, 6.07) is 49.3. The average molecular weight is 650 g/mol. The first-order chi connectivity index (χ1) is 23.3. The Morgan fingerprint density at radius 1 is 0.458 bits per heavy atom. The van der Waals surface area contributed by atoms with Crippen molar-refractivity contribution < 1.29 is 9.26 Å². The van der Waals surface area contributed by atoms with Crippen LogP contribution in [0.3, 0.4) is 0 Å². The minimum atomic E-state index is -1.05. The molecule has 0 saturated carbocycles. The predicted octanol–water partition coefficient (Wildman–Crippen LogP) is 11.7. The Balaban J connectivity index is 0.000000319. The third-order valence-electron chi connectivity index (χ3n) is 7.12. The van der Waals surface area contributed by atoms with Crippen LogP contribution in [-0.2, 0) is 0 Å². The normalized spacial score (nSPS) is 9.92. The smallest absolute Gasteiger partial charge is 0.150 e. The van der Waals surface area contributed by atoms with Gasteiger partial charge < -0.3 is 9.26 Å². The maximum Gasteiger partial charge on any atom is 0.150 e. The van der Waals surface area contributed by atoms with Crippen LogP contribution >= 0.6 is 8.15 Å². The zero-order valence-electron chi connectivity index (χ0n) is 28.7. The minimum Gasteiger partial charge on any atom is -0.489 e. The summed E-state index contributed by atoms with van der Waals surface area (Å²) in [5, 5.41) is 2.35. The Hall–Kier alpha value is -4.91. The molecular formula is C45H46O2P. The van der Waals surface area contributed by atoms with E-state index >= 15 is 0 Å². The van der Waals surface area contributed by atoms with E-state index < -0.39 is 8.15 Å². The third-order valence-corrected chi connectivity index (χ3v) is 9.02. The van der Waals surface area contributed by atoms with Crippen LogP contribution in [0, 0.1) is 48.7 Å². The van der Waals surface area contributed by atoms with Crippen molar-refractivity contribution in [1.82, 2.24) is 0 Å². The fourth-order valence-electron chi connectivity index (χ4n) is 5.05. The third kappa shape index (κ3) is 11.1. The monoisotopic (exact) mass is 649 g/mol. The first-order valence-corrected chi connectivity index (χ1v) is 17.0. The fourth-order valence-corrected chi connectivity index (χ4v) is 6.87. The van der Waals surface area contributed by atoms with Crippen LogP contribution in [0.25, 0.3) is 11.1 Å². The van der Waals surface area contributed by atoms with Gasteiger partial charge in [0.25, 0.3) is 0 Å². The Labute approximate surface area is 290 Å². The van der Waals surface area contributed by atoms with E-state index in [-0.39, 0.29) is 0 Å². The minimum absolute atomic E-state index is 0.786. The highest BCUT2D eigenvalue weighted by Gasteiger charge is 2.22. The molecule has 0 unspecified atom stereocenters. The van der Waals surface area contributed by atoms with E-state index in [1.807, 2.05) is 72.8 Å². The Kier molecular flexibility index (Phi) is 15.4. The zero-order valence-corrected chi connectivity index (χ0v) is 29.6. The first-order valence-electron chi connectivity index (χ1n) is 15.7. The molecule has 0 atom stereocenters. The van der Waals surface area contributed by atoms with Crippen LogP contribution < -0.4 is 19.9 Å². The fraction of sp³-hybridized carbons (Fsp3) is 0.0889. The van der Waals surface area contributed by atoms with Crippen molar-refractivity contribution in [2.24, 2.45) is 0 Å². The van der Waals surface area contributed by atoms with Gasteiger partial charge in [0.05, 0.1) is 0 Å². The first kappa shape index (κ1) is 37.5. The molecule has 0 bridgehead atoms. The number of hydrogen-bond acceptors (Lipinski definition) is 2. The van der Waals surface area contributed by atoms with Gasteiger partial charge in [-0.3, -0.25) is 0 Å². The second kappa shape index (κ2) is 19.7. The lowest BCUT2D eigenvalue weighted by Crippen LogP contribution is -2.16. The lowest BCUT2D eigenvalue weighted by Gasteiger charge is -2.24. The van der Waals surface area contributed by atoms with Crippen molar-refractivity contribution in [3.8, 4) is 22.6 Å². The van der Waals surface area contributed by atoms with Crippen LogP contribution in [0.4, 0.5) is 0 Å². The average Bonchev–Trinajstić information content (AvgIpc) is 3.10. The van der Waals surface area contributed by atoms with Crippen LogP contribution in [0.15, 0.2) is 159 Å². The van der Waals surface area contributed by atoms with Crippen molar-refractivity contribution in [2.45, 2.75) is 27.7 Å². The Morgan fingerprint density at radius 2 is 0.792 bits per heavy atom. The van der Waals surface area contributed by atoms with Gasteiger partial charge in [-0.15, -0.1) is 13.2 Å². The summed E-state index contributed by atoms with van der Waals surface area (Å²) in [5.41, 5.74) is 8.72. The summed E-state index contributed by atoms with van der Waals surface area (Å²) in [6.45, 7) is 21.8. The molecule has 3 heteroatoms. The van der Waals surface area contributed by atoms with Crippen molar-refractivity contribution in [3.63, 3.8) is 0 Å². The SMILES string of the molecule is C=C.[CH2]Oc1c(C)cc(C)cc1-c1cc(C)cc(C)c1OP(c1ccccc1)c1ccccc1.[CH2]c1ccccc1.[CH2]c1ccccc1. The van der Waals surface area contributed by atoms with Gasteiger partial charge in [0.2, 0.25) is 0 Å². The molecule has 0 fully saturated rings. The van der Waals surface area contributed by atoms with Crippen LogP contribution in [0.1, 0.15) is 33.4 Å². The highest BCUT2D eigenvalue weighted by Crippen LogP contribution is 2.46. The number of ether oxygens (including phenoxy) is 1. The molecule has 6 rings (SSSR count). The summed E-state index contributed by atoms with van der Waals surface area (Å²) >= 11 is 0. The molecule has 6 aromatic rings. The number of rotatable bonds is 6. The van der Waals surface area contributed by atoms with Gasteiger partial charge in [-0.05, 0) is 87.1 Å². The number of hydrogen-bond donors (Lipinski definition) is 0. The molecule has 48 heavy (non-hydrogen) atoms. The Morgan fingerprint density at radius 3 is 1.12 bits per heavy atom. The molecule has 243 valence electrons. The standard InChI is InChI=1S/C29H28O2P.2C7H7.C2H4/c1-20-16-22(3)28(30-5)26(18-20)27-19-21(2)17-23(4)29(27)31-32(24-12-8-6-9-13-24)25-14-10-7-11-15-25;2*1-7-5-3-2-4-6-7;1-2/h6-19H,5H2,1-4H3;2*2-6H,1H2;1-2H2. The van der Waals surface area contributed by atoms with Gasteiger partial charge in [0.1, 0.15) is 18.6 Å². The van der Waals surface area contributed by atoms with Crippen molar-refractivity contribution in [2.75, 3.05) is 0 Å². The zero-order chi connectivity index (χ0) is 34.9. The van der Waals surface area contributed by atoms with Crippen molar-refractivity contribution in [3.05, 3.63) is 213 Å². The second-order valence-electron chi connectivity index (χ2n) is 11.1. The molecule has 0 aliphatic carbocycles. The molecule has 3 radical (unpaired) electrons. The molecule has 6 aromatic carbocycles. The molecule has 0 heterocycles. The molecule has 0 N–H and O–H groups in total. The van der Waals surface area contributed by atoms with Crippen molar-refractivity contribution >= 4 is 18.8 Å². The predicted molar refractivity (Wildman–Crippen MR) is 210 cm³/mol. The maximum absolute atomic E-state index is 6.93. The van der Waals surface area contributed by atoms with Gasteiger partial charge in [0.15, 0.2) is 8.15 Å². The van der Waals surface area contributed by atoms with E-state index in [1.54, 1.807) is 0 Å². The summed E-state index contributed by atoms with van der Waals surface area (Å²) in [5.74, 6) is 1.67. The molecule has 0 aliphatic heterocycles. The largest absolute Gasteiger partial charge is 0.489 e. The highest BCUT2D eigenvalue weighted by molar-refractivity contribution is 7.68. The van der Waals surface area contributed by atoms with E-state index in [9.17, 15) is 0 Å². The summed E-state index contributed by atoms with van der Waals surface area (Å²) < 4.78 is 12.5.